The molecule has 3 aliphatic rings. The molecule has 12 heteroatoms. The average Bonchev–Trinajstić information content (AvgIpc) is 3.21. The molecular weight excluding hydrogens is 600 g/mol. The molecule has 0 aromatic heterocycles. The number of rotatable bonds is 10. The minimum absolute atomic E-state index is 0.00584. The number of benzene rings is 1. The van der Waals surface area contributed by atoms with Gasteiger partial charge in [0.05, 0.1) is 5.56 Å². The number of carbonyl (C=O) groups is 5. The highest BCUT2D eigenvalue weighted by molar-refractivity contribution is 5.71. The largest absolute Gasteiger partial charge is 0.463 e. The molecule has 244 valence electrons. The van der Waals surface area contributed by atoms with Gasteiger partial charge in [-0.15, -0.1) is 0 Å². The molecule has 0 N–H and O–H groups in total. The predicted molar refractivity (Wildman–Crippen MR) is 160 cm³/mol. The molecule has 1 aliphatic heterocycles. The first-order chi connectivity index (χ1) is 21.8. The Balaban J connectivity index is 1.92. The molecule has 12 nitrogen and oxygen atoms in total. The van der Waals surface area contributed by atoms with Crippen LogP contribution < -0.4 is 4.74 Å². The van der Waals surface area contributed by atoms with Crippen molar-refractivity contribution in [3.05, 3.63) is 77.4 Å². The topological polar surface area (TPSA) is 150 Å². The molecule has 4 rings (SSSR count). The van der Waals surface area contributed by atoms with Gasteiger partial charge in [0.15, 0.2) is 12.2 Å². The van der Waals surface area contributed by atoms with Gasteiger partial charge < -0.3 is 33.2 Å². The van der Waals surface area contributed by atoms with Crippen LogP contribution in [0.2, 0.25) is 0 Å². The Bertz CT molecular complexity index is 1550. The summed E-state index contributed by atoms with van der Waals surface area (Å²) >= 11 is 0. The molecule has 0 spiro atoms. The Labute approximate surface area is 266 Å². The van der Waals surface area contributed by atoms with Gasteiger partial charge in [0.1, 0.15) is 18.5 Å². The molecule has 1 aromatic rings. The Morgan fingerprint density at radius 2 is 1.30 bits per heavy atom. The van der Waals surface area contributed by atoms with E-state index >= 15 is 0 Å². The summed E-state index contributed by atoms with van der Waals surface area (Å²) in [6, 6.07) is 18.9. The number of carbonyl (C=O) groups excluding carboxylic acids is 5. The van der Waals surface area contributed by atoms with Gasteiger partial charge in [-0.25, -0.2) is 0 Å². The lowest BCUT2D eigenvalue weighted by atomic mass is 9.85. The van der Waals surface area contributed by atoms with E-state index in [1.165, 1.54) is 21.0 Å². The lowest BCUT2D eigenvalue weighted by molar-refractivity contribution is -0.368. The van der Waals surface area contributed by atoms with Crippen molar-refractivity contribution >= 4 is 29.8 Å². The van der Waals surface area contributed by atoms with E-state index in [-0.39, 0.29) is 11.3 Å². The molecule has 2 aliphatic carbocycles. The van der Waals surface area contributed by atoms with Gasteiger partial charge in [-0.2, -0.15) is 0 Å². The van der Waals surface area contributed by atoms with Crippen molar-refractivity contribution in [1.29, 1.82) is 0 Å². The predicted octanol–water partition coefficient (Wildman–Crippen LogP) is 3.86. The summed E-state index contributed by atoms with van der Waals surface area (Å²) in [5, 5.41) is 0. The van der Waals surface area contributed by atoms with Crippen LogP contribution in [0, 0.1) is 0 Å². The molecule has 0 bridgehead atoms. The number of esters is 5. The molecule has 1 aromatic carbocycles. The molecular formula is C34H36O12. The Morgan fingerprint density at radius 3 is 1.85 bits per heavy atom. The normalized spacial score (nSPS) is 22.4. The third-order valence-electron chi connectivity index (χ3n) is 7.21. The molecule has 0 saturated carbocycles. The summed E-state index contributed by atoms with van der Waals surface area (Å²) in [7, 11) is 1.25. The van der Waals surface area contributed by atoms with Crippen LogP contribution in [0.3, 0.4) is 0 Å². The van der Waals surface area contributed by atoms with Gasteiger partial charge in [-0.1, -0.05) is 48.5 Å². The van der Waals surface area contributed by atoms with Gasteiger partial charge in [-0.3, -0.25) is 24.0 Å². The van der Waals surface area contributed by atoms with Crippen molar-refractivity contribution in [2.75, 3.05) is 13.7 Å². The van der Waals surface area contributed by atoms with Crippen molar-refractivity contribution in [3.63, 3.8) is 0 Å². The first-order valence-corrected chi connectivity index (χ1v) is 14.5. The number of methoxy groups -OCH3 is 1. The van der Waals surface area contributed by atoms with Crippen molar-refractivity contribution in [1.82, 2.24) is 0 Å². The third kappa shape index (κ3) is 7.88. The van der Waals surface area contributed by atoms with Gasteiger partial charge in [-0.05, 0) is 40.8 Å². The minimum atomic E-state index is -2.14. The van der Waals surface area contributed by atoms with Crippen LogP contribution in [-0.2, 0) is 64.6 Å². The molecule has 5 atom stereocenters. The first-order valence-electron chi connectivity index (χ1n) is 14.5. The van der Waals surface area contributed by atoms with E-state index in [4.69, 9.17) is 33.2 Å². The zero-order valence-electron chi connectivity index (χ0n) is 26.4. The Hall–Kier alpha value is -4.81. The lowest BCUT2D eigenvalue weighted by Gasteiger charge is -2.50. The molecule has 1 heterocycles. The van der Waals surface area contributed by atoms with Gasteiger partial charge in [0.25, 0.3) is 0 Å². The van der Waals surface area contributed by atoms with Crippen LogP contribution in [0.1, 0.15) is 51.3 Å². The van der Waals surface area contributed by atoms with Gasteiger partial charge >= 0.3 is 29.8 Å². The molecule has 1 saturated heterocycles. The van der Waals surface area contributed by atoms with Gasteiger partial charge in [0.2, 0.25) is 11.9 Å². The summed E-state index contributed by atoms with van der Waals surface area (Å²) in [5.41, 5.74) is 3.91. The standard InChI is InChI=1S/C34H36O12/c1-19(35)41-18-30-31(43-21(3)37)32(44-22(4)38)33(45-23(5)39)34(40-6,46-30)28-17-24(12-13-29(28)42-20(2)36)14-25-15-26-10-8-7-9-11-27(26)16-25/h7-13,15-17,30-33H,14,18H2,1-6H3/t30-,31-,32+,33-,34+/m1/s1. The SMILES string of the molecule is CO[C@@]1(c2cc(Cc3cc4cccccc-4c3)ccc2OC(C)=O)O[C@H](COC(C)=O)[C@@H](OC(C)=O)[C@H](OC(C)=O)[C@H]1OC(C)=O. The average molecular weight is 637 g/mol. The quantitative estimate of drug-likeness (QED) is 0.181. The number of fused-ring (bicyclic) bond motifs is 1. The number of hydrogen-bond acceptors (Lipinski definition) is 12. The monoisotopic (exact) mass is 636 g/mol. The highest BCUT2D eigenvalue weighted by Crippen LogP contribution is 2.47. The maximum atomic E-state index is 12.5. The van der Waals surface area contributed by atoms with E-state index in [0.717, 1.165) is 43.0 Å². The first kappa shape index (κ1) is 34.1. The maximum absolute atomic E-state index is 12.5. The zero-order chi connectivity index (χ0) is 33.6. The number of hydrogen-bond donors (Lipinski definition) is 0. The van der Waals surface area contributed by atoms with Crippen LogP contribution >= 0.6 is 0 Å². The van der Waals surface area contributed by atoms with E-state index in [9.17, 15) is 24.0 Å². The summed E-state index contributed by atoms with van der Waals surface area (Å²) in [5.74, 6) is -5.87. The van der Waals surface area contributed by atoms with E-state index in [0.29, 0.717) is 6.42 Å². The summed E-state index contributed by atoms with van der Waals surface area (Å²) in [6.07, 6.45) is -5.41. The molecule has 1 fully saturated rings. The van der Waals surface area contributed by atoms with E-state index in [1.807, 2.05) is 30.3 Å². The van der Waals surface area contributed by atoms with E-state index in [1.54, 1.807) is 18.2 Å². The molecule has 0 radical (unpaired) electrons. The summed E-state index contributed by atoms with van der Waals surface area (Å²) in [6.45, 7) is 5.29. The summed E-state index contributed by atoms with van der Waals surface area (Å²) in [4.78, 5) is 61.2. The summed E-state index contributed by atoms with van der Waals surface area (Å²) < 4.78 is 40.1. The Morgan fingerprint density at radius 1 is 0.696 bits per heavy atom. The van der Waals surface area contributed by atoms with Crippen LogP contribution in [-0.4, -0.2) is 68.0 Å². The fraction of sp³-hybridized carbons (Fsp3) is 0.382. The van der Waals surface area contributed by atoms with Crippen molar-refractivity contribution in [2.45, 2.75) is 71.2 Å². The van der Waals surface area contributed by atoms with Gasteiger partial charge in [0, 0.05) is 41.7 Å². The highest BCUT2D eigenvalue weighted by atomic mass is 16.7. The number of ether oxygens (including phenoxy) is 7. The minimum Gasteiger partial charge on any atom is -0.463 e. The van der Waals surface area contributed by atoms with Crippen LogP contribution in [0.4, 0.5) is 0 Å². The van der Waals surface area contributed by atoms with Crippen molar-refractivity contribution < 1.29 is 57.1 Å². The van der Waals surface area contributed by atoms with Crippen LogP contribution in [0.25, 0.3) is 11.1 Å². The lowest BCUT2D eigenvalue weighted by Crippen LogP contribution is -2.67. The molecule has 46 heavy (non-hydrogen) atoms. The van der Waals surface area contributed by atoms with Crippen LogP contribution in [0.5, 0.6) is 5.75 Å². The smallest absolute Gasteiger partial charge is 0.308 e. The fourth-order valence-corrected chi connectivity index (χ4v) is 5.58. The second-order valence-electron chi connectivity index (χ2n) is 10.8. The zero-order valence-corrected chi connectivity index (χ0v) is 26.4. The highest BCUT2D eigenvalue weighted by Gasteiger charge is 2.62. The van der Waals surface area contributed by atoms with Crippen LogP contribution in [0.15, 0.2) is 60.7 Å². The maximum Gasteiger partial charge on any atom is 0.308 e. The molecule has 0 amide bonds. The van der Waals surface area contributed by atoms with E-state index < -0.39 is 66.7 Å². The van der Waals surface area contributed by atoms with E-state index in [2.05, 4.69) is 12.1 Å². The third-order valence-corrected chi connectivity index (χ3v) is 7.21. The van der Waals surface area contributed by atoms with Crippen molar-refractivity contribution in [2.24, 2.45) is 0 Å². The second-order valence-corrected chi connectivity index (χ2v) is 10.8. The molecule has 0 unspecified atom stereocenters. The second kappa shape index (κ2) is 14.5. The fourth-order valence-electron chi connectivity index (χ4n) is 5.58. The Kier molecular flexibility index (Phi) is 10.8. The van der Waals surface area contributed by atoms with Crippen molar-refractivity contribution in [3.8, 4) is 16.9 Å².